The molecule has 16 heavy (non-hydrogen) atoms. The van der Waals surface area contributed by atoms with Crippen molar-refractivity contribution < 1.29 is 4.74 Å². The molecule has 0 aliphatic carbocycles. The molecule has 0 saturated carbocycles. The molecule has 2 nitrogen and oxygen atoms in total. The minimum atomic E-state index is 0.363. The van der Waals surface area contributed by atoms with Crippen LogP contribution in [0.1, 0.15) is 36.0 Å². The zero-order chi connectivity index (χ0) is 12.3. The zero-order valence-electron chi connectivity index (χ0n) is 10.3. The largest absolute Gasteiger partial charge is 0.496 e. The fraction of sp³-hybridized carbons (Fsp3) is 0.462. The number of thiocarbonyl (C=S) groups is 1. The van der Waals surface area contributed by atoms with Crippen molar-refractivity contribution in [2.24, 2.45) is 5.73 Å². The molecule has 1 aromatic carbocycles. The molecule has 1 unspecified atom stereocenters. The Hall–Kier alpha value is -1.09. The molecule has 1 rings (SSSR count). The van der Waals surface area contributed by atoms with Crippen molar-refractivity contribution in [2.75, 3.05) is 7.11 Å². The van der Waals surface area contributed by atoms with Crippen molar-refractivity contribution in [1.29, 1.82) is 0 Å². The predicted octanol–water partition coefficient (Wildman–Crippen LogP) is 3.09. The highest BCUT2D eigenvalue weighted by molar-refractivity contribution is 7.80. The number of nitrogens with two attached hydrogens (primary N) is 1. The van der Waals surface area contributed by atoms with E-state index in [1.807, 2.05) is 0 Å². The second-order valence-corrected chi connectivity index (χ2v) is 4.77. The van der Waals surface area contributed by atoms with Gasteiger partial charge < -0.3 is 10.5 Å². The van der Waals surface area contributed by atoms with E-state index in [1.165, 1.54) is 11.1 Å². The molecule has 0 aliphatic rings. The van der Waals surface area contributed by atoms with Gasteiger partial charge in [-0.05, 0) is 42.5 Å². The van der Waals surface area contributed by atoms with Gasteiger partial charge in [0.15, 0.2) is 0 Å². The van der Waals surface area contributed by atoms with Crippen molar-refractivity contribution in [3.8, 4) is 5.75 Å². The lowest BCUT2D eigenvalue weighted by Gasteiger charge is -2.16. The number of hydrogen-bond acceptors (Lipinski definition) is 2. The lowest BCUT2D eigenvalue weighted by atomic mass is 9.92. The van der Waals surface area contributed by atoms with Crippen molar-refractivity contribution in [1.82, 2.24) is 0 Å². The van der Waals surface area contributed by atoms with Gasteiger partial charge in [0.05, 0.1) is 12.1 Å². The summed E-state index contributed by atoms with van der Waals surface area (Å²) in [5, 5.41) is 0. The Bertz CT molecular complexity index is 401. The van der Waals surface area contributed by atoms with E-state index in [4.69, 9.17) is 22.7 Å². The van der Waals surface area contributed by atoms with Crippen molar-refractivity contribution in [3.63, 3.8) is 0 Å². The van der Waals surface area contributed by atoms with Crippen LogP contribution in [0.15, 0.2) is 12.1 Å². The van der Waals surface area contributed by atoms with E-state index in [-0.39, 0.29) is 0 Å². The maximum atomic E-state index is 5.58. The fourth-order valence-electron chi connectivity index (χ4n) is 1.97. The van der Waals surface area contributed by atoms with Crippen LogP contribution in [0, 0.1) is 13.8 Å². The quantitative estimate of drug-likeness (QED) is 0.817. The smallest absolute Gasteiger partial charge is 0.122 e. The van der Waals surface area contributed by atoms with Crippen LogP contribution < -0.4 is 10.5 Å². The third kappa shape index (κ3) is 2.95. The van der Waals surface area contributed by atoms with E-state index in [1.54, 1.807) is 7.11 Å². The van der Waals surface area contributed by atoms with E-state index in [2.05, 4.69) is 32.9 Å². The van der Waals surface area contributed by atoms with E-state index in [0.717, 1.165) is 17.7 Å². The van der Waals surface area contributed by atoms with E-state index in [0.29, 0.717) is 10.9 Å². The number of hydrogen-bond donors (Lipinski definition) is 1. The molecule has 0 heterocycles. The Morgan fingerprint density at radius 2 is 2.00 bits per heavy atom. The van der Waals surface area contributed by atoms with Crippen molar-refractivity contribution in [3.05, 3.63) is 28.8 Å². The van der Waals surface area contributed by atoms with Gasteiger partial charge in [0.1, 0.15) is 5.75 Å². The van der Waals surface area contributed by atoms with Crippen molar-refractivity contribution in [2.45, 2.75) is 33.1 Å². The van der Waals surface area contributed by atoms with Gasteiger partial charge in [-0.1, -0.05) is 25.2 Å². The van der Waals surface area contributed by atoms with Crippen LogP contribution >= 0.6 is 12.2 Å². The van der Waals surface area contributed by atoms with Crippen LogP contribution in [-0.4, -0.2) is 12.1 Å². The van der Waals surface area contributed by atoms with Gasteiger partial charge >= 0.3 is 0 Å². The fourth-order valence-corrected chi connectivity index (χ4v) is 2.22. The molecule has 0 aliphatic heterocycles. The summed E-state index contributed by atoms with van der Waals surface area (Å²) in [6.07, 6.45) is 0.752. The topological polar surface area (TPSA) is 35.2 Å². The van der Waals surface area contributed by atoms with Crippen LogP contribution in [0.25, 0.3) is 0 Å². The summed E-state index contributed by atoms with van der Waals surface area (Å²) in [7, 11) is 1.69. The molecule has 3 heteroatoms. The average molecular weight is 237 g/mol. The predicted molar refractivity (Wildman–Crippen MR) is 72.3 cm³/mol. The van der Waals surface area contributed by atoms with Crippen LogP contribution in [0.2, 0.25) is 0 Å². The Labute approximate surface area is 103 Å². The third-order valence-corrected chi connectivity index (χ3v) is 2.99. The van der Waals surface area contributed by atoms with Crippen molar-refractivity contribution >= 4 is 17.2 Å². The molecule has 0 radical (unpaired) electrons. The van der Waals surface area contributed by atoms with Crippen LogP contribution in [0.3, 0.4) is 0 Å². The van der Waals surface area contributed by atoms with E-state index in [9.17, 15) is 0 Å². The molecule has 0 aromatic heterocycles. The average Bonchev–Trinajstić information content (AvgIpc) is 2.19. The third-order valence-electron chi connectivity index (χ3n) is 2.82. The molecule has 0 amide bonds. The summed E-state index contributed by atoms with van der Waals surface area (Å²) in [6.45, 7) is 6.29. The number of methoxy groups -OCH3 is 1. The van der Waals surface area contributed by atoms with Crippen LogP contribution in [0.5, 0.6) is 5.75 Å². The first-order chi connectivity index (χ1) is 7.45. The molecule has 2 N–H and O–H groups in total. The Morgan fingerprint density at radius 1 is 1.38 bits per heavy atom. The normalized spacial score (nSPS) is 12.2. The molecule has 88 valence electrons. The molecular weight excluding hydrogens is 218 g/mol. The van der Waals surface area contributed by atoms with Gasteiger partial charge in [0.25, 0.3) is 0 Å². The summed E-state index contributed by atoms with van der Waals surface area (Å²) in [5.74, 6) is 1.30. The maximum absolute atomic E-state index is 5.58. The highest BCUT2D eigenvalue weighted by atomic mass is 32.1. The number of benzene rings is 1. The van der Waals surface area contributed by atoms with Crippen LogP contribution in [-0.2, 0) is 0 Å². The van der Waals surface area contributed by atoms with E-state index >= 15 is 0 Å². The molecule has 0 spiro atoms. The lowest BCUT2D eigenvalue weighted by Crippen LogP contribution is -2.12. The summed E-state index contributed by atoms with van der Waals surface area (Å²) < 4.78 is 5.29. The second kappa shape index (κ2) is 5.30. The van der Waals surface area contributed by atoms with Crippen LogP contribution in [0.4, 0.5) is 0 Å². The summed E-state index contributed by atoms with van der Waals surface area (Å²) in [5.41, 5.74) is 9.26. The first-order valence-corrected chi connectivity index (χ1v) is 5.80. The maximum Gasteiger partial charge on any atom is 0.122 e. The summed E-state index contributed by atoms with van der Waals surface area (Å²) in [6, 6.07) is 4.23. The Morgan fingerprint density at radius 3 is 2.50 bits per heavy atom. The van der Waals surface area contributed by atoms with Gasteiger partial charge in [0.2, 0.25) is 0 Å². The summed E-state index contributed by atoms with van der Waals surface area (Å²) in [4.78, 5) is 0.570. The number of aryl methyl sites for hydroxylation is 2. The van der Waals surface area contributed by atoms with Gasteiger partial charge in [-0.3, -0.25) is 0 Å². The molecular formula is C13H19NOS. The van der Waals surface area contributed by atoms with Gasteiger partial charge in [0, 0.05) is 6.42 Å². The number of rotatable bonds is 4. The monoisotopic (exact) mass is 237 g/mol. The first kappa shape index (κ1) is 13.0. The highest BCUT2D eigenvalue weighted by Gasteiger charge is 2.12. The first-order valence-electron chi connectivity index (χ1n) is 5.39. The molecule has 0 saturated heterocycles. The Kier molecular flexibility index (Phi) is 4.30. The van der Waals surface area contributed by atoms with Gasteiger partial charge in [-0.15, -0.1) is 0 Å². The SMILES string of the molecule is COc1cc(C)c(C(C)CC(N)=S)cc1C. The van der Waals surface area contributed by atoms with Gasteiger partial charge in [-0.2, -0.15) is 0 Å². The summed E-state index contributed by atoms with van der Waals surface area (Å²) >= 11 is 4.95. The molecule has 0 fully saturated rings. The molecule has 1 atom stereocenters. The minimum absolute atomic E-state index is 0.363. The Balaban J connectivity index is 3.05. The number of ether oxygens (including phenoxy) is 1. The minimum Gasteiger partial charge on any atom is -0.496 e. The lowest BCUT2D eigenvalue weighted by molar-refractivity contribution is 0.411. The van der Waals surface area contributed by atoms with E-state index < -0.39 is 0 Å². The highest BCUT2D eigenvalue weighted by Crippen LogP contribution is 2.29. The zero-order valence-corrected chi connectivity index (χ0v) is 11.1. The van der Waals surface area contributed by atoms with Gasteiger partial charge in [-0.25, -0.2) is 0 Å². The second-order valence-electron chi connectivity index (χ2n) is 4.25. The molecule has 0 bridgehead atoms. The standard InChI is InChI=1S/C13H19NOS/c1-8-6-12(15-4)10(3)5-11(8)9(2)7-13(14)16/h5-6,9H,7H2,1-4H3,(H2,14,16). The molecule has 1 aromatic rings.